The van der Waals surface area contributed by atoms with Crippen LogP contribution in [-0.4, -0.2) is 16.8 Å². The van der Waals surface area contributed by atoms with Crippen molar-refractivity contribution in [2.24, 2.45) is 0 Å². The Morgan fingerprint density at radius 2 is 0.700 bits per heavy atom. The predicted octanol–water partition coefficient (Wildman–Crippen LogP) is 2.85. The van der Waals surface area contributed by atoms with Crippen LogP contribution in [0.25, 0.3) is 0 Å². The van der Waals surface area contributed by atoms with Gasteiger partial charge in [0.05, 0.1) is 0 Å². The van der Waals surface area contributed by atoms with Gasteiger partial charge in [-0.05, 0) is 0 Å². The van der Waals surface area contributed by atoms with E-state index in [1.54, 1.807) is 0 Å². The van der Waals surface area contributed by atoms with Crippen LogP contribution in [0.1, 0.15) is 0 Å². The molecule has 20 heavy (non-hydrogen) atoms. The van der Waals surface area contributed by atoms with E-state index < -0.39 is 16.8 Å². The average Bonchev–Trinajstić information content (AvgIpc) is 2.56. The van der Waals surface area contributed by atoms with E-state index in [4.69, 9.17) is 9.19 Å². The van der Waals surface area contributed by atoms with E-state index in [9.17, 15) is 0 Å². The van der Waals surface area contributed by atoms with Crippen LogP contribution < -0.4 is 10.5 Å². The van der Waals surface area contributed by atoms with E-state index in [2.05, 4.69) is 91.0 Å². The molecule has 0 radical (unpaired) electrons. The van der Waals surface area contributed by atoms with Crippen LogP contribution in [0, 0.1) is 0 Å². The summed E-state index contributed by atoms with van der Waals surface area (Å²) in [6.07, 6.45) is 0. The van der Waals surface area contributed by atoms with Crippen LogP contribution in [0.5, 0.6) is 0 Å². The molecule has 0 amide bonds. The summed E-state index contributed by atoms with van der Waals surface area (Å²) >= 11 is -3.07. The van der Waals surface area contributed by atoms with Gasteiger partial charge >= 0.3 is 128 Å². The van der Waals surface area contributed by atoms with Gasteiger partial charge in [-0.2, -0.15) is 0 Å². The van der Waals surface area contributed by atoms with Crippen LogP contribution in [0.15, 0.2) is 91.0 Å². The van der Waals surface area contributed by atoms with Crippen molar-refractivity contribution in [3.63, 3.8) is 0 Å². The summed E-state index contributed by atoms with van der Waals surface area (Å²) in [7, 11) is 6.30. The molecule has 2 heteroatoms. The molecule has 3 aromatic rings. The van der Waals surface area contributed by atoms with Gasteiger partial charge in [0.1, 0.15) is 0 Å². The molecule has 0 aliphatic carbocycles. The molecule has 98 valence electrons. The van der Waals surface area contributed by atoms with Gasteiger partial charge in [-0.3, -0.25) is 0 Å². The van der Waals surface area contributed by atoms with Crippen molar-refractivity contribution < 1.29 is 0 Å². The number of benzene rings is 3. The first-order valence-electron chi connectivity index (χ1n) is 6.59. The van der Waals surface area contributed by atoms with Crippen molar-refractivity contribution in [1.82, 2.24) is 0 Å². The third-order valence-corrected chi connectivity index (χ3v) is 16.4. The molecule has 0 aliphatic rings. The van der Waals surface area contributed by atoms with Crippen LogP contribution >= 0.6 is 9.19 Å². The summed E-state index contributed by atoms with van der Waals surface area (Å²) in [6, 6.07) is 31.9. The Hall–Kier alpha value is -1.30. The number of hydrogen-bond donors (Lipinski definition) is 0. The SMILES string of the molecule is [S]=[Sb]([c]1ccccc1)([c]1ccccc1)[c]1ccccc1. The minimum absolute atomic E-state index is 1.33. The molecule has 0 heterocycles. The van der Waals surface area contributed by atoms with E-state index >= 15 is 0 Å². The topological polar surface area (TPSA) is 0 Å². The molecule has 0 unspecified atom stereocenters. The van der Waals surface area contributed by atoms with Gasteiger partial charge in [0.25, 0.3) is 0 Å². The Bertz CT molecular complexity index is 618. The van der Waals surface area contributed by atoms with Crippen LogP contribution in [0.4, 0.5) is 0 Å². The fourth-order valence-corrected chi connectivity index (χ4v) is 12.4. The van der Waals surface area contributed by atoms with Crippen molar-refractivity contribution in [1.29, 1.82) is 0 Å². The molecule has 0 spiro atoms. The van der Waals surface area contributed by atoms with Crippen LogP contribution in [-0.2, 0) is 0 Å². The van der Waals surface area contributed by atoms with Crippen molar-refractivity contribution in [3.8, 4) is 0 Å². The maximum absolute atomic E-state index is 6.30. The first-order chi connectivity index (χ1) is 9.82. The molecule has 0 N–H and O–H groups in total. The van der Waals surface area contributed by atoms with Gasteiger partial charge in [0.2, 0.25) is 0 Å². The zero-order valence-electron chi connectivity index (χ0n) is 11.0. The van der Waals surface area contributed by atoms with Crippen molar-refractivity contribution in [2.75, 3.05) is 0 Å². The Labute approximate surface area is 127 Å². The van der Waals surface area contributed by atoms with Gasteiger partial charge in [-0.15, -0.1) is 0 Å². The van der Waals surface area contributed by atoms with E-state index in [0.29, 0.717) is 0 Å². The number of hydrogen-bond acceptors (Lipinski definition) is 1. The summed E-state index contributed by atoms with van der Waals surface area (Å²) in [4.78, 5) is 0. The summed E-state index contributed by atoms with van der Waals surface area (Å²) in [5.74, 6) is 0. The molecule has 0 aromatic heterocycles. The first-order valence-corrected chi connectivity index (χ1v) is 13.9. The van der Waals surface area contributed by atoms with Gasteiger partial charge in [-0.1, -0.05) is 0 Å². The molecular weight excluding hydrogens is 370 g/mol. The van der Waals surface area contributed by atoms with Crippen LogP contribution in [0.3, 0.4) is 0 Å². The van der Waals surface area contributed by atoms with E-state index in [0.717, 1.165) is 0 Å². The summed E-state index contributed by atoms with van der Waals surface area (Å²) in [5, 5.41) is 0. The number of rotatable bonds is 3. The molecule has 0 bridgehead atoms. The molecule has 0 saturated heterocycles. The second-order valence-corrected chi connectivity index (χ2v) is 16.2. The molecule has 3 aromatic carbocycles. The molecule has 0 atom stereocenters. The fraction of sp³-hybridized carbons (Fsp3) is 0. The zero-order valence-corrected chi connectivity index (χ0v) is 14.4. The van der Waals surface area contributed by atoms with Crippen molar-refractivity contribution in [3.05, 3.63) is 91.0 Å². The predicted molar refractivity (Wildman–Crippen MR) is 91.6 cm³/mol. The summed E-state index contributed by atoms with van der Waals surface area (Å²) in [6.45, 7) is 0. The van der Waals surface area contributed by atoms with Gasteiger partial charge in [0.15, 0.2) is 0 Å². The normalized spacial score (nSPS) is 11.2. The summed E-state index contributed by atoms with van der Waals surface area (Å²) < 4.78 is 4.00. The van der Waals surface area contributed by atoms with Crippen molar-refractivity contribution >= 4 is 36.6 Å². The molecule has 0 saturated carbocycles. The second-order valence-electron chi connectivity index (χ2n) is 4.62. The van der Waals surface area contributed by atoms with E-state index in [-0.39, 0.29) is 0 Å². The maximum atomic E-state index is 6.30. The van der Waals surface area contributed by atoms with Crippen LogP contribution in [0.2, 0.25) is 0 Å². The molecule has 0 fully saturated rings. The quantitative estimate of drug-likeness (QED) is 0.625. The molecule has 0 nitrogen and oxygen atoms in total. The van der Waals surface area contributed by atoms with Gasteiger partial charge < -0.3 is 0 Å². The molecule has 3 rings (SSSR count). The van der Waals surface area contributed by atoms with E-state index in [1.165, 1.54) is 10.5 Å². The second kappa shape index (κ2) is 5.99. The molecule has 0 aliphatic heterocycles. The summed E-state index contributed by atoms with van der Waals surface area (Å²) in [5.41, 5.74) is 0. The molecular formula is C18H15SSb. The standard InChI is InChI=1S/3C6H5.S.Sb/c3*1-2-4-6-5-3-1;;/h3*1-5H;;. The zero-order chi connectivity index (χ0) is 13.8. The van der Waals surface area contributed by atoms with Gasteiger partial charge in [0, 0.05) is 0 Å². The minimum atomic E-state index is -3.07. The third kappa shape index (κ3) is 2.48. The first kappa shape index (κ1) is 13.7. The Balaban J connectivity index is 2.27. The van der Waals surface area contributed by atoms with E-state index in [1.807, 2.05) is 0 Å². The third-order valence-electron chi connectivity index (χ3n) is 3.36. The average molecular weight is 385 g/mol. The van der Waals surface area contributed by atoms with Gasteiger partial charge in [-0.25, -0.2) is 0 Å². The Morgan fingerprint density at radius 3 is 0.950 bits per heavy atom. The van der Waals surface area contributed by atoms with Crippen molar-refractivity contribution in [2.45, 2.75) is 0 Å². The fourth-order valence-electron chi connectivity index (χ4n) is 2.36. The monoisotopic (exact) mass is 384 g/mol. The Morgan fingerprint density at radius 1 is 0.450 bits per heavy atom. The Kier molecular flexibility index (Phi) is 4.10.